The molecule has 27 heavy (non-hydrogen) atoms. The Balaban J connectivity index is 0.00000261. The fourth-order valence-electron chi connectivity index (χ4n) is 2.84. The van der Waals surface area contributed by atoms with E-state index in [4.69, 9.17) is 16.0 Å². The lowest BCUT2D eigenvalue weighted by molar-refractivity contribution is -0.120. The lowest BCUT2D eigenvalue weighted by atomic mass is 9.96. The largest absolute Gasteiger partial charge is 0.467 e. The number of carbonyl (C=O) groups excluding carboxylic acids is 1. The summed E-state index contributed by atoms with van der Waals surface area (Å²) < 4.78 is 5.18. The number of aliphatic imine (C=N–C) groups is 1. The highest BCUT2D eigenvalue weighted by Crippen LogP contribution is 2.48. The van der Waals surface area contributed by atoms with Gasteiger partial charge in [-0.2, -0.15) is 0 Å². The van der Waals surface area contributed by atoms with Crippen LogP contribution in [0.15, 0.2) is 52.1 Å². The molecule has 1 saturated carbocycles. The van der Waals surface area contributed by atoms with E-state index in [9.17, 15) is 4.79 Å². The van der Waals surface area contributed by atoms with Crippen LogP contribution in [0.25, 0.3) is 0 Å². The Morgan fingerprint density at radius 1 is 1.22 bits per heavy atom. The van der Waals surface area contributed by atoms with Crippen molar-refractivity contribution in [2.75, 3.05) is 20.1 Å². The Morgan fingerprint density at radius 2 is 2.04 bits per heavy atom. The van der Waals surface area contributed by atoms with Crippen LogP contribution in [-0.2, 0) is 16.8 Å². The first kappa shape index (κ1) is 21.6. The van der Waals surface area contributed by atoms with Crippen molar-refractivity contribution in [2.45, 2.75) is 24.8 Å². The number of halogens is 2. The zero-order chi connectivity index (χ0) is 18.4. The molecule has 1 aliphatic carbocycles. The van der Waals surface area contributed by atoms with E-state index >= 15 is 0 Å². The molecule has 1 aromatic heterocycles. The SMILES string of the molecule is CN=C(NCC(=O)NCc1ccco1)NCC1(c2cccc(Cl)c2)CC1.I. The fourth-order valence-corrected chi connectivity index (χ4v) is 3.03. The molecule has 0 unspecified atom stereocenters. The molecular weight excluding hydrogens is 479 g/mol. The minimum atomic E-state index is -0.125. The standard InChI is InChI=1S/C19H23ClN4O2.HI/c1-21-18(23-12-17(25)22-11-16-6-3-9-26-16)24-13-19(7-8-19)14-4-2-5-15(20)10-14;/h2-6,9-10H,7-8,11-13H2,1H3,(H,22,25)(H2,21,23,24);1H. The van der Waals surface area contributed by atoms with Crippen molar-refractivity contribution >= 4 is 47.4 Å². The number of nitrogens with zero attached hydrogens (tertiary/aromatic N) is 1. The fraction of sp³-hybridized carbons (Fsp3) is 0.368. The van der Waals surface area contributed by atoms with Crippen LogP contribution in [0.4, 0.5) is 0 Å². The van der Waals surface area contributed by atoms with Crippen LogP contribution >= 0.6 is 35.6 Å². The molecule has 1 aliphatic rings. The number of hydrogen-bond donors (Lipinski definition) is 3. The van der Waals surface area contributed by atoms with Crippen molar-refractivity contribution < 1.29 is 9.21 Å². The number of hydrogen-bond acceptors (Lipinski definition) is 3. The van der Waals surface area contributed by atoms with Crippen LogP contribution in [-0.4, -0.2) is 32.0 Å². The van der Waals surface area contributed by atoms with Gasteiger partial charge in [0.2, 0.25) is 5.91 Å². The molecule has 1 amide bonds. The van der Waals surface area contributed by atoms with E-state index < -0.39 is 0 Å². The van der Waals surface area contributed by atoms with Gasteiger partial charge in [-0.1, -0.05) is 23.7 Å². The quantitative estimate of drug-likeness (QED) is 0.309. The van der Waals surface area contributed by atoms with Crippen molar-refractivity contribution in [3.63, 3.8) is 0 Å². The second kappa shape index (κ2) is 9.98. The first-order valence-electron chi connectivity index (χ1n) is 8.61. The number of amides is 1. The summed E-state index contributed by atoms with van der Waals surface area (Å²) in [7, 11) is 1.69. The average Bonchev–Trinajstić information content (AvgIpc) is 3.26. The monoisotopic (exact) mass is 502 g/mol. The van der Waals surface area contributed by atoms with Gasteiger partial charge in [-0.3, -0.25) is 9.79 Å². The topological polar surface area (TPSA) is 78.7 Å². The van der Waals surface area contributed by atoms with E-state index in [0.29, 0.717) is 12.5 Å². The molecule has 3 N–H and O–H groups in total. The van der Waals surface area contributed by atoms with Crippen molar-refractivity contribution in [2.24, 2.45) is 4.99 Å². The number of rotatable bonds is 7. The molecule has 6 nitrogen and oxygen atoms in total. The highest BCUT2D eigenvalue weighted by atomic mass is 127. The number of benzene rings is 1. The maximum Gasteiger partial charge on any atom is 0.239 e. The van der Waals surface area contributed by atoms with Gasteiger partial charge in [0.05, 0.1) is 19.4 Å². The number of nitrogens with one attached hydrogen (secondary N) is 3. The van der Waals surface area contributed by atoms with E-state index in [2.05, 4.69) is 27.0 Å². The van der Waals surface area contributed by atoms with Gasteiger partial charge in [0.25, 0.3) is 0 Å². The van der Waals surface area contributed by atoms with Crippen LogP contribution in [0, 0.1) is 0 Å². The molecule has 0 saturated heterocycles. The van der Waals surface area contributed by atoms with Gasteiger partial charge in [0, 0.05) is 24.0 Å². The van der Waals surface area contributed by atoms with Crippen LogP contribution < -0.4 is 16.0 Å². The molecule has 1 heterocycles. The maximum atomic E-state index is 11.9. The molecule has 0 spiro atoms. The van der Waals surface area contributed by atoms with Crippen LogP contribution in [0.3, 0.4) is 0 Å². The minimum Gasteiger partial charge on any atom is -0.467 e. The summed E-state index contributed by atoms with van der Waals surface area (Å²) in [5.74, 6) is 1.20. The smallest absolute Gasteiger partial charge is 0.239 e. The van der Waals surface area contributed by atoms with Crippen molar-refractivity contribution in [3.8, 4) is 0 Å². The highest BCUT2D eigenvalue weighted by Gasteiger charge is 2.44. The second-order valence-electron chi connectivity index (χ2n) is 6.43. The third kappa shape index (κ3) is 6.14. The molecule has 0 atom stereocenters. The van der Waals surface area contributed by atoms with Crippen molar-refractivity contribution in [1.29, 1.82) is 0 Å². The lowest BCUT2D eigenvalue weighted by Gasteiger charge is -2.19. The molecule has 146 valence electrons. The Labute approximate surface area is 181 Å². The van der Waals surface area contributed by atoms with Gasteiger partial charge in [0.15, 0.2) is 5.96 Å². The van der Waals surface area contributed by atoms with Gasteiger partial charge in [-0.15, -0.1) is 24.0 Å². The summed E-state index contributed by atoms with van der Waals surface area (Å²) in [4.78, 5) is 16.1. The summed E-state index contributed by atoms with van der Waals surface area (Å²) in [6.45, 7) is 1.27. The number of carbonyl (C=O) groups is 1. The molecule has 0 radical (unpaired) electrons. The highest BCUT2D eigenvalue weighted by molar-refractivity contribution is 14.0. The van der Waals surface area contributed by atoms with E-state index in [1.165, 1.54) is 5.56 Å². The van der Waals surface area contributed by atoms with Crippen LogP contribution in [0.2, 0.25) is 5.02 Å². The van der Waals surface area contributed by atoms with Crippen molar-refractivity contribution in [3.05, 3.63) is 59.0 Å². The molecule has 0 aliphatic heterocycles. The minimum absolute atomic E-state index is 0. The second-order valence-corrected chi connectivity index (χ2v) is 6.86. The molecule has 1 aromatic carbocycles. The molecule has 0 bridgehead atoms. The summed E-state index contributed by atoms with van der Waals surface area (Å²) in [6, 6.07) is 11.6. The molecule has 3 rings (SSSR count). The summed E-state index contributed by atoms with van der Waals surface area (Å²) >= 11 is 6.11. The Kier molecular flexibility index (Phi) is 7.97. The predicted molar refractivity (Wildman–Crippen MR) is 118 cm³/mol. The molecule has 1 fully saturated rings. The summed E-state index contributed by atoms with van der Waals surface area (Å²) in [6.07, 6.45) is 3.81. The summed E-state index contributed by atoms with van der Waals surface area (Å²) in [5, 5.41) is 9.89. The van der Waals surface area contributed by atoms with Crippen molar-refractivity contribution in [1.82, 2.24) is 16.0 Å². The Hall–Kier alpha value is -1.74. The third-order valence-corrected chi connectivity index (χ3v) is 4.80. The lowest BCUT2D eigenvalue weighted by Crippen LogP contribution is -2.45. The molecular formula is C19H24ClIN4O2. The van der Waals surface area contributed by atoms with Gasteiger partial charge in [0.1, 0.15) is 5.76 Å². The van der Waals surface area contributed by atoms with Crippen LogP contribution in [0.1, 0.15) is 24.2 Å². The maximum absolute atomic E-state index is 11.9. The van der Waals surface area contributed by atoms with Crippen LogP contribution in [0.5, 0.6) is 0 Å². The normalized spacial score (nSPS) is 14.8. The van der Waals surface area contributed by atoms with E-state index in [0.717, 1.165) is 30.2 Å². The zero-order valence-electron chi connectivity index (χ0n) is 15.1. The Morgan fingerprint density at radius 3 is 2.67 bits per heavy atom. The molecule has 2 aromatic rings. The predicted octanol–water partition coefficient (Wildman–Crippen LogP) is 3.06. The van der Waals surface area contributed by atoms with E-state index in [-0.39, 0.29) is 41.8 Å². The average molecular weight is 503 g/mol. The number of furan rings is 1. The number of guanidine groups is 1. The van der Waals surface area contributed by atoms with E-state index in [1.54, 1.807) is 19.4 Å². The van der Waals surface area contributed by atoms with Gasteiger partial charge in [-0.25, -0.2) is 0 Å². The molecule has 8 heteroatoms. The van der Waals surface area contributed by atoms with Gasteiger partial charge < -0.3 is 20.4 Å². The summed E-state index contributed by atoms with van der Waals surface area (Å²) in [5.41, 5.74) is 1.34. The first-order valence-corrected chi connectivity index (χ1v) is 8.99. The van der Waals surface area contributed by atoms with Gasteiger partial charge >= 0.3 is 0 Å². The first-order chi connectivity index (χ1) is 12.6. The third-order valence-electron chi connectivity index (χ3n) is 4.56. The van der Waals surface area contributed by atoms with E-state index in [1.807, 2.05) is 24.3 Å². The Bertz CT molecular complexity index is 776. The zero-order valence-corrected chi connectivity index (χ0v) is 18.2. The van der Waals surface area contributed by atoms with Gasteiger partial charge in [-0.05, 0) is 42.7 Å².